The molecule has 1 heterocycles. The van der Waals surface area contributed by atoms with Gasteiger partial charge in [0.25, 0.3) is 0 Å². The summed E-state index contributed by atoms with van der Waals surface area (Å²) in [6.45, 7) is 5.79. The van der Waals surface area contributed by atoms with E-state index in [0.29, 0.717) is 5.54 Å². The molecule has 2 heteroatoms. The summed E-state index contributed by atoms with van der Waals surface area (Å²) in [5.41, 5.74) is 1.71. The van der Waals surface area contributed by atoms with E-state index in [1.54, 1.807) is 0 Å². The van der Waals surface area contributed by atoms with Crippen molar-refractivity contribution < 1.29 is 0 Å². The predicted octanol–water partition coefficient (Wildman–Crippen LogP) is 2.26. The fourth-order valence-electron chi connectivity index (χ4n) is 2.86. The zero-order valence-electron chi connectivity index (χ0n) is 9.95. The van der Waals surface area contributed by atoms with Gasteiger partial charge in [0.15, 0.2) is 0 Å². The molecular formula is C14H20N2. The Bertz CT molecular complexity index is 358. The quantitative estimate of drug-likeness (QED) is 0.816. The Kier molecular flexibility index (Phi) is 2.40. The van der Waals surface area contributed by atoms with E-state index in [1.807, 2.05) is 0 Å². The minimum absolute atomic E-state index is 0.341. The third-order valence-electron chi connectivity index (χ3n) is 4.03. The molecule has 1 aromatic carbocycles. The molecule has 1 saturated heterocycles. The van der Waals surface area contributed by atoms with E-state index < -0.39 is 0 Å². The van der Waals surface area contributed by atoms with E-state index in [2.05, 4.69) is 47.5 Å². The predicted molar refractivity (Wildman–Crippen MR) is 67.8 cm³/mol. The molecule has 86 valence electrons. The van der Waals surface area contributed by atoms with Crippen molar-refractivity contribution in [1.82, 2.24) is 5.32 Å². The van der Waals surface area contributed by atoms with Gasteiger partial charge in [-0.25, -0.2) is 0 Å². The lowest BCUT2D eigenvalue weighted by Crippen LogP contribution is -2.60. The number of anilines is 1. The average Bonchev–Trinajstić information content (AvgIpc) is 3.14. The summed E-state index contributed by atoms with van der Waals surface area (Å²) in [7, 11) is 0. The summed E-state index contributed by atoms with van der Waals surface area (Å²) >= 11 is 0. The summed E-state index contributed by atoms with van der Waals surface area (Å²) in [4.78, 5) is 2.52. The Balaban J connectivity index is 1.77. The van der Waals surface area contributed by atoms with Crippen molar-refractivity contribution in [3.05, 3.63) is 30.3 Å². The lowest BCUT2D eigenvalue weighted by Gasteiger charge is -2.43. The van der Waals surface area contributed by atoms with Gasteiger partial charge in [0.2, 0.25) is 0 Å². The van der Waals surface area contributed by atoms with Gasteiger partial charge in [-0.15, -0.1) is 0 Å². The second kappa shape index (κ2) is 3.77. The van der Waals surface area contributed by atoms with Crippen LogP contribution in [0.1, 0.15) is 19.8 Å². The Morgan fingerprint density at radius 1 is 1.25 bits per heavy atom. The van der Waals surface area contributed by atoms with Crippen molar-refractivity contribution in [3.8, 4) is 0 Å². The van der Waals surface area contributed by atoms with Crippen molar-refractivity contribution in [2.24, 2.45) is 5.92 Å². The molecule has 16 heavy (non-hydrogen) atoms. The Morgan fingerprint density at radius 2 is 2.00 bits per heavy atom. The van der Waals surface area contributed by atoms with Crippen LogP contribution in [0.2, 0.25) is 0 Å². The van der Waals surface area contributed by atoms with Gasteiger partial charge in [-0.1, -0.05) is 18.2 Å². The summed E-state index contributed by atoms with van der Waals surface area (Å²) < 4.78 is 0. The van der Waals surface area contributed by atoms with Crippen molar-refractivity contribution in [1.29, 1.82) is 0 Å². The Morgan fingerprint density at radius 3 is 2.69 bits per heavy atom. The Hall–Kier alpha value is -1.02. The maximum atomic E-state index is 3.72. The molecule has 0 bridgehead atoms. The molecule has 2 fully saturated rings. The van der Waals surface area contributed by atoms with E-state index in [0.717, 1.165) is 25.6 Å². The van der Waals surface area contributed by atoms with Crippen molar-refractivity contribution in [2.75, 3.05) is 24.5 Å². The van der Waals surface area contributed by atoms with Crippen LogP contribution in [-0.4, -0.2) is 25.2 Å². The molecule has 0 aromatic heterocycles. The van der Waals surface area contributed by atoms with Gasteiger partial charge in [0.1, 0.15) is 0 Å². The minimum Gasteiger partial charge on any atom is -0.368 e. The van der Waals surface area contributed by atoms with Crippen LogP contribution in [0.5, 0.6) is 0 Å². The molecule has 1 aromatic rings. The second-order valence-corrected chi connectivity index (χ2v) is 5.38. The largest absolute Gasteiger partial charge is 0.368 e. The molecule has 0 amide bonds. The van der Waals surface area contributed by atoms with E-state index in [4.69, 9.17) is 0 Å². The van der Waals surface area contributed by atoms with Crippen LogP contribution >= 0.6 is 0 Å². The maximum Gasteiger partial charge on any atom is 0.0367 e. The lowest BCUT2D eigenvalue weighted by atomic mass is 9.92. The van der Waals surface area contributed by atoms with Crippen molar-refractivity contribution in [3.63, 3.8) is 0 Å². The van der Waals surface area contributed by atoms with E-state index >= 15 is 0 Å². The fraction of sp³-hybridized carbons (Fsp3) is 0.571. The number of piperazine rings is 1. The second-order valence-electron chi connectivity index (χ2n) is 5.38. The molecule has 1 unspecified atom stereocenters. The molecule has 1 N–H and O–H groups in total. The third kappa shape index (κ3) is 1.82. The molecule has 3 rings (SSSR count). The van der Waals surface area contributed by atoms with Gasteiger partial charge in [-0.2, -0.15) is 0 Å². The first kappa shape index (κ1) is 10.2. The number of nitrogens with one attached hydrogen (secondary N) is 1. The van der Waals surface area contributed by atoms with Gasteiger partial charge in [-0.05, 0) is 37.8 Å². The molecule has 0 spiro atoms. The van der Waals surface area contributed by atoms with Crippen LogP contribution in [0.3, 0.4) is 0 Å². The molecular weight excluding hydrogens is 196 g/mol. The maximum absolute atomic E-state index is 3.72. The number of nitrogens with zero attached hydrogens (tertiary/aromatic N) is 1. The van der Waals surface area contributed by atoms with Crippen LogP contribution in [0.25, 0.3) is 0 Å². The molecule has 1 aliphatic heterocycles. The highest BCUT2D eigenvalue weighted by Gasteiger charge is 2.43. The zero-order valence-corrected chi connectivity index (χ0v) is 9.95. The Labute approximate surface area is 97.6 Å². The number of hydrogen-bond acceptors (Lipinski definition) is 2. The SMILES string of the molecule is CC1(C2CC2)CN(c2ccccc2)CCN1. The van der Waals surface area contributed by atoms with E-state index in [-0.39, 0.29) is 0 Å². The third-order valence-corrected chi connectivity index (χ3v) is 4.03. The van der Waals surface area contributed by atoms with Crippen LogP contribution in [-0.2, 0) is 0 Å². The zero-order chi connectivity index (χ0) is 11.0. The van der Waals surface area contributed by atoms with Crippen LogP contribution in [0.4, 0.5) is 5.69 Å². The number of para-hydroxylation sites is 1. The molecule has 1 aliphatic carbocycles. The van der Waals surface area contributed by atoms with E-state index in [9.17, 15) is 0 Å². The number of benzene rings is 1. The van der Waals surface area contributed by atoms with E-state index in [1.165, 1.54) is 18.5 Å². The normalized spacial score (nSPS) is 30.4. The fourth-order valence-corrected chi connectivity index (χ4v) is 2.86. The monoisotopic (exact) mass is 216 g/mol. The van der Waals surface area contributed by atoms with Gasteiger partial charge in [-0.3, -0.25) is 0 Å². The van der Waals surface area contributed by atoms with Gasteiger partial charge in [0.05, 0.1) is 0 Å². The topological polar surface area (TPSA) is 15.3 Å². The summed E-state index contributed by atoms with van der Waals surface area (Å²) in [5.74, 6) is 0.902. The summed E-state index contributed by atoms with van der Waals surface area (Å²) in [5, 5.41) is 3.72. The minimum atomic E-state index is 0.341. The van der Waals surface area contributed by atoms with Crippen molar-refractivity contribution >= 4 is 5.69 Å². The molecule has 1 atom stereocenters. The molecule has 1 saturated carbocycles. The van der Waals surface area contributed by atoms with Gasteiger partial charge >= 0.3 is 0 Å². The van der Waals surface area contributed by atoms with Gasteiger partial charge in [0, 0.05) is 30.9 Å². The highest BCUT2D eigenvalue weighted by Crippen LogP contribution is 2.41. The highest BCUT2D eigenvalue weighted by atomic mass is 15.2. The average molecular weight is 216 g/mol. The first-order valence-corrected chi connectivity index (χ1v) is 6.33. The first-order chi connectivity index (χ1) is 7.78. The van der Waals surface area contributed by atoms with Crippen molar-refractivity contribution in [2.45, 2.75) is 25.3 Å². The first-order valence-electron chi connectivity index (χ1n) is 6.33. The lowest BCUT2D eigenvalue weighted by molar-refractivity contribution is 0.285. The highest BCUT2D eigenvalue weighted by molar-refractivity contribution is 5.47. The summed E-state index contributed by atoms with van der Waals surface area (Å²) in [6, 6.07) is 10.8. The molecule has 2 aliphatic rings. The van der Waals surface area contributed by atoms with Crippen LogP contribution in [0, 0.1) is 5.92 Å². The van der Waals surface area contributed by atoms with Crippen LogP contribution < -0.4 is 10.2 Å². The van der Waals surface area contributed by atoms with Crippen LogP contribution in [0.15, 0.2) is 30.3 Å². The number of rotatable bonds is 2. The van der Waals surface area contributed by atoms with Gasteiger partial charge < -0.3 is 10.2 Å². The number of hydrogen-bond donors (Lipinski definition) is 1. The summed E-state index contributed by atoms with van der Waals surface area (Å²) in [6.07, 6.45) is 2.82. The standard InChI is InChI=1S/C14H20N2/c1-14(12-7-8-12)11-16(10-9-15-14)13-5-3-2-4-6-13/h2-6,12,15H,7-11H2,1H3. The smallest absolute Gasteiger partial charge is 0.0367 e. The molecule has 2 nitrogen and oxygen atoms in total. The molecule has 0 radical (unpaired) electrons.